The van der Waals surface area contributed by atoms with Crippen LogP contribution in [0.15, 0.2) is 59.5 Å². The second kappa shape index (κ2) is 8.72. The van der Waals surface area contributed by atoms with E-state index in [9.17, 15) is 13.2 Å². The van der Waals surface area contributed by atoms with Crippen LogP contribution in [0, 0.1) is 13.8 Å². The van der Waals surface area contributed by atoms with E-state index in [0.29, 0.717) is 17.2 Å². The lowest BCUT2D eigenvalue weighted by Crippen LogP contribution is -2.23. The Morgan fingerprint density at radius 3 is 2.59 bits per heavy atom. The number of rotatable bonds is 6. The molecular weight excluding hydrogens is 452 g/mol. The molecule has 0 bridgehead atoms. The van der Waals surface area contributed by atoms with Crippen molar-refractivity contribution in [2.75, 3.05) is 11.5 Å². The molecule has 0 aromatic heterocycles. The Kier molecular flexibility index (Phi) is 5.99. The van der Waals surface area contributed by atoms with E-state index in [-0.39, 0.29) is 28.8 Å². The molecule has 7 nitrogen and oxygen atoms in total. The highest BCUT2D eigenvalue weighted by Crippen LogP contribution is 2.32. The van der Waals surface area contributed by atoms with Crippen molar-refractivity contribution in [1.82, 2.24) is 5.32 Å². The largest absolute Gasteiger partial charge is 0.454 e. The number of anilines is 1. The molecule has 0 saturated carbocycles. The maximum absolute atomic E-state index is 13.0. The molecule has 9 heteroatoms. The Hall–Kier alpha value is -3.23. The molecule has 0 saturated heterocycles. The molecule has 0 spiro atoms. The van der Waals surface area contributed by atoms with Crippen LogP contribution in [0.25, 0.3) is 0 Å². The van der Waals surface area contributed by atoms with Crippen molar-refractivity contribution in [3.8, 4) is 11.5 Å². The van der Waals surface area contributed by atoms with Gasteiger partial charge in [-0.3, -0.25) is 9.52 Å². The maximum atomic E-state index is 13.0. The Morgan fingerprint density at radius 1 is 1.00 bits per heavy atom. The highest BCUT2D eigenvalue weighted by Gasteiger charge is 2.21. The van der Waals surface area contributed by atoms with Crippen LogP contribution in [0.4, 0.5) is 5.69 Å². The van der Waals surface area contributed by atoms with E-state index in [1.165, 1.54) is 18.2 Å². The quantitative estimate of drug-likeness (QED) is 0.554. The fourth-order valence-corrected chi connectivity index (χ4v) is 4.88. The van der Waals surface area contributed by atoms with Gasteiger partial charge in [0.15, 0.2) is 11.5 Å². The first-order valence-electron chi connectivity index (χ1n) is 9.79. The average Bonchev–Trinajstić information content (AvgIpc) is 3.22. The van der Waals surface area contributed by atoms with Gasteiger partial charge in [-0.1, -0.05) is 29.8 Å². The molecule has 0 aliphatic carbocycles. The van der Waals surface area contributed by atoms with Crippen molar-refractivity contribution in [3.05, 3.63) is 81.9 Å². The van der Waals surface area contributed by atoms with Crippen LogP contribution in [0.1, 0.15) is 27.0 Å². The molecule has 0 radical (unpaired) electrons. The zero-order valence-electron chi connectivity index (χ0n) is 17.4. The van der Waals surface area contributed by atoms with Gasteiger partial charge in [-0.15, -0.1) is 0 Å². The zero-order valence-corrected chi connectivity index (χ0v) is 19.0. The number of carbonyl (C=O) groups excluding carboxylic acids is 1. The van der Waals surface area contributed by atoms with E-state index in [2.05, 4.69) is 10.0 Å². The second-order valence-corrected chi connectivity index (χ2v) is 9.50. The Morgan fingerprint density at radius 2 is 1.78 bits per heavy atom. The number of benzene rings is 3. The predicted molar refractivity (Wildman–Crippen MR) is 122 cm³/mol. The summed E-state index contributed by atoms with van der Waals surface area (Å²) >= 11 is 6.17. The molecule has 0 fully saturated rings. The lowest BCUT2D eigenvalue weighted by molar-refractivity contribution is 0.0950. The van der Waals surface area contributed by atoms with E-state index in [1.54, 1.807) is 25.1 Å². The number of halogens is 1. The van der Waals surface area contributed by atoms with E-state index in [0.717, 1.165) is 16.7 Å². The molecule has 2 N–H and O–H groups in total. The van der Waals surface area contributed by atoms with Gasteiger partial charge in [0.1, 0.15) is 4.90 Å². The lowest BCUT2D eigenvalue weighted by atomic mass is 10.1. The van der Waals surface area contributed by atoms with Gasteiger partial charge >= 0.3 is 0 Å². The van der Waals surface area contributed by atoms with Gasteiger partial charge in [0.2, 0.25) is 6.79 Å². The smallest absolute Gasteiger partial charge is 0.263 e. The third kappa shape index (κ3) is 4.66. The summed E-state index contributed by atoms with van der Waals surface area (Å²) in [5, 5.41) is 2.80. The van der Waals surface area contributed by atoms with Crippen molar-refractivity contribution in [2.45, 2.75) is 25.3 Å². The minimum Gasteiger partial charge on any atom is -0.454 e. The summed E-state index contributed by atoms with van der Waals surface area (Å²) in [7, 11) is -4.01. The van der Waals surface area contributed by atoms with Crippen LogP contribution >= 0.6 is 11.6 Å². The fraction of sp³-hybridized carbons (Fsp3) is 0.174. The van der Waals surface area contributed by atoms with Crippen LogP contribution in [-0.4, -0.2) is 21.1 Å². The molecule has 3 aromatic carbocycles. The van der Waals surface area contributed by atoms with Gasteiger partial charge in [0, 0.05) is 12.1 Å². The molecule has 1 heterocycles. The number of fused-ring (bicyclic) bond motifs is 1. The highest BCUT2D eigenvalue weighted by atomic mass is 35.5. The summed E-state index contributed by atoms with van der Waals surface area (Å²) in [4.78, 5) is 12.5. The van der Waals surface area contributed by atoms with Crippen molar-refractivity contribution in [2.24, 2.45) is 0 Å². The number of aryl methyl sites for hydroxylation is 2. The Labute approximate surface area is 191 Å². The standard InChI is InChI=1S/C23H21ClN2O5S/c1-14-3-4-15(2)19(9-14)26-32(28,29)22-11-17(6-7-18(22)24)23(27)25-12-16-5-8-20-21(10-16)31-13-30-20/h3-11,26H,12-13H2,1-2H3,(H,25,27). The summed E-state index contributed by atoms with van der Waals surface area (Å²) in [6.45, 7) is 4.08. The number of carbonyl (C=O) groups is 1. The minimum atomic E-state index is -4.01. The first-order chi connectivity index (χ1) is 15.2. The fourth-order valence-electron chi connectivity index (χ4n) is 3.23. The molecule has 3 aromatic rings. The average molecular weight is 473 g/mol. The van der Waals surface area contributed by atoms with Crippen LogP contribution in [0.3, 0.4) is 0 Å². The summed E-state index contributed by atoms with van der Waals surface area (Å²) < 4.78 is 39.2. The minimum absolute atomic E-state index is 0.0233. The third-order valence-electron chi connectivity index (χ3n) is 5.01. The molecule has 4 rings (SSSR count). The van der Waals surface area contributed by atoms with E-state index < -0.39 is 15.9 Å². The van der Waals surface area contributed by atoms with Gasteiger partial charge in [-0.2, -0.15) is 0 Å². The second-order valence-electron chi connectivity index (χ2n) is 7.44. The van der Waals surface area contributed by atoms with Crippen LogP contribution < -0.4 is 19.5 Å². The number of hydrogen-bond donors (Lipinski definition) is 2. The molecule has 1 amide bonds. The van der Waals surface area contributed by atoms with Gasteiger partial charge in [0.25, 0.3) is 15.9 Å². The molecule has 166 valence electrons. The Balaban J connectivity index is 1.52. The summed E-state index contributed by atoms with van der Waals surface area (Å²) in [5.74, 6) is 0.848. The number of sulfonamides is 1. The molecular formula is C23H21ClN2O5S. The first kappa shape index (κ1) is 22.0. The summed E-state index contributed by atoms with van der Waals surface area (Å²) in [6, 6.07) is 15.0. The molecule has 0 unspecified atom stereocenters. The van der Waals surface area contributed by atoms with E-state index in [1.807, 2.05) is 25.1 Å². The molecule has 1 aliphatic heterocycles. The highest BCUT2D eigenvalue weighted by molar-refractivity contribution is 7.92. The lowest BCUT2D eigenvalue weighted by Gasteiger charge is -2.13. The number of ether oxygens (including phenoxy) is 2. The van der Waals surface area contributed by atoms with Crippen molar-refractivity contribution in [1.29, 1.82) is 0 Å². The SMILES string of the molecule is Cc1ccc(C)c(NS(=O)(=O)c2cc(C(=O)NCc3ccc4c(c3)OCO4)ccc2Cl)c1. The molecule has 1 aliphatic rings. The van der Waals surface area contributed by atoms with Gasteiger partial charge in [0.05, 0.1) is 10.7 Å². The van der Waals surface area contributed by atoms with Crippen LogP contribution in [-0.2, 0) is 16.6 Å². The zero-order chi connectivity index (χ0) is 22.9. The van der Waals surface area contributed by atoms with Crippen molar-refractivity contribution >= 4 is 33.2 Å². The van der Waals surface area contributed by atoms with Gasteiger partial charge in [-0.05, 0) is 66.9 Å². The number of nitrogens with one attached hydrogen (secondary N) is 2. The van der Waals surface area contributed by atoms with Crippen LogP contribution in [0.2, 0.25) is 5.02 Å². The molecule has 0 atom stereocenters. The monoisotopic (exact) mass is 472 g/mol. The normalized spacial score (nSPS) is 12.5. The predicted octanol–water partition coefficient (Wildman–Crippen LogP) is 4.42. The van der Waals surface area contributed by atoms with Gasteiger partial charge in [-0.25, -0.2) is 8.42 Å². The Bertz CT molecular complexity index is 1310. The molecule has 32 heavy (non-hydrogen) atoms. The first-order valence-corrected chi connectivity index (χ1v) is 11.7. The third-order valence-corrected chi connectivity index (χ3v) is 6.86. The number of amides is 1. The van der Waals surface area contributed by atoms with Crippen LogP contribution in [0.5, 0.6) is 11.5 Å². The van der Waals surface area contributed by atoms with E-state index >= 15 is 0 Å². The van der Waals surface area contributed by atoms with Crippen molar-refractivity contribution < 1.29 is 22.7 Å². The van der Waals surface area contributed by atoms with Crippen molar-refractivity contribution in [3.63, 3.8) is 0 Å². The maximum Gasteiger partial charge on any atom is 0.263 e. The van der Waals surface area contributed by atoms with Gasteiger partial charge < -0.3 is 14.8 Å². The topological polar surface area (TPSA) is 93.7 Å². The number of hydrogen-bond acceptors (Lipinski definition) is 5. The summed E-state index contributed by atoms with van der Waals surface area (Å²) in [6.07, 6.45) is 0. The summed E-state index contributed by atoms with van der Waals surface area (Å²) in [5.41, 5.74) is 3.14. The van der Waals surface area contributed by atoms with E-state index in [4.69, 9.17) is 21.1 Å².